The molecule has 24 heavy (non-hydrogen) atoms. The summed E-state index contributed by atoms with van der Waals surface area (Å²) in [5.41, 5.74) is 3.90. The maximum absolute atomic E-state index is 12.2. The largest absolute Gasteiger partial charge is 0.326 e. The lowest BCUT2D eigenvalue weighted by atomic mass is 10.1. The van der Waals surface area contributed by atoms with Gasteiger partial charge in [-0.2, -0.15) is 0 Å². The third-order valence-corrected chi connectivity index (χ3v) is 5.01. The fourth-order valence-electron chi connectivity index (χ4n) is 2.73. The van der Waals surface area contributed by atoms with Crippen LogP contribution in [-0.2, 0) is 24.2 Å². The molecular weight excluding hydrogens is 320 g/mol. The van der Waals surface area contributed by atoms with Crippen LogP contribution in [0.3, 0.4) is 0 Å². The zero-order valence-corrected chi connectivity index (χ0v) is 14.7. The van der Waals surface area contributed by atoms with Crippen LogP contribution in [0, 0.1) is 0 Å². The van der Waals surface area contributed by atoms with E-state index in [0.717, 1.165) is 27.9 Å². The Morgan fingerprint density at radius 2 is 1.79 bits per heavy atom. The highest BCUT2D eigenvalue weighted by Crippen LogP contribution is 2.22. The first-order chi connectivity index (χ1) is 11.6. The molecule has 0 saturated carbocycles. The van der Waals surface area contributed by atoms with Gasteiger partial charge >= 0.3 is 4.87 Å². The lowest BCUT2D eigenvalue weighted by molar-refractivity contribution is -0.115. The maximum atomic E-state index is 12.2. The van der Waals surface area contributed by atoms with Gasteiger partial charge in [0.15, 0.2) is 0 Å². The van der Waals surface area contributed by atoms with E-state index in [1.807, 2.05) is 37.3 Å². The fourth-order valence-corrected chi connectivity index (χ4v) is 3.72. The number of anilines is 1. The van der Waals surface area contributed by atoms with Gasteiger partial charge in [-0.15, -0.1) is 0 Å². The monoisotopic (exact) mass is 340 g/mol. The highest BCUT2D eigenvalue weighted by molar-refractivity contribution is 7.16. The van der Waals surface area contributed by atoms with Crippen LogP contribution in [0.4, 0.5) is 5.69 Å². The van der Waals surface area contributed by atoms with Crippen LogP contribution in [0.15, 0.2) is 47.3 Å². The number of aryl methyl sites for hydroxylation is 2. The molecule has 5 heteroatoms. The molecular formula is C19H20N2O2S. The molecule has 0 fully saturated rings. The number of thiazole rings is 1. The summed E-state index contributed by atoms with van der Waals surface area (Å²) in [7, 11) is 0. The van der Waals surface area contributed by atoms with Gasteiger partial charge in [0.1, 0.15) is 0 Å². The Balaban J connectivity index is 1.73. The Labute approximate surface area is 144 Å². The zero-order valence-electron chi connectivity index (χ0n) is 13.8. The molecule has 1 aromatic heterocycles. The van der Waals surface area contributed by atoms with Gasteiger partial charge in [0.25, 0.3) is 0 Å². The van der Waals surface area contributed by atoms with Crippen molar-refractivity contribution in [3.05, 3.63) is 63.3 Å². The van der Waals surface area contributed by atoms with Gasteiger partial charge in [-0.25, -0.2) is 0 Å². The van der Waals surface area contributed by atoms with E-state index in [0.29, 0.717) is 13.0 Å². The summed E-state index contributed by atoms with van der Waals surface area (Å²) >= 11 is 1.21. The van der Waals surface area contributed by atoms with E-state index in [1.54, 1.807) is 4.57 Å². The van der Waals surface area contributed by atoms with Gasteiger partial charge in [-0.3, -0.25) is 14.2 Å². The lowest BCUT2D eigenvalue weighted by Crippen LogP contribution is -2.14. The summed E-state index contributed by atoms with van der Waals surface area (Å²) in [6.07, 6.45) is 1.33. The van der Waals surface area contributed by atoms with Crippen molar-refractivity contribution in [2.45, 2.75) is 33.2 Å². The van der Waals surface area contributed by atoms with Crippen molar-refractivity contribution < 1.29 is 4.79 Å². The second kappa shape index (κ2) is 7.01. The molecule has 1 heterocycles. The Kier molecular flexibility index (Phi) is 4.81. The Morgan fingerprint density at radius 3 is 2.46 bits per heavy atom. The van der Waals surface area contributed by atoms with Crippen molar-refractivity contribution in [3.63, 3.8) is 0 Å². The molecule has 124 valence electrons. The number of aromatic nitrogens is 1. The van der Waals surface area contributed by atoms with Crippen molar-refractivity contribution in [1.82, 2.24) is 4.57 Å². The van der Waals surface area contributed by atoms with E-state index < -0.39 is 0 Å². The Hall–Kier alpha value is -2.40. The van der Waals surface area contributed by atoms with Crippen LogP contribution in [0.2, 0.25) is 0 Å². The molecule has 0 spiro atoms. The van der Waals surface area contributed by atoms with E-state index in [1.165, 1.54) is 16.9 Å². The number of fused-ring (bicyclic) bond motifs is 1. The van der Waals surface area contributed by atoms with Crippen molar-refractivity contribution in [2.75, 3.05) is 5.32 Å². The lowest BCUT2D eigenvalue weighted by Gasteiger charge is -2.07. The molecule has 4 nitrogen and oxygen atoms in total. The zero-order chi connectivity index (χ0) is 17.1. The van der Waals surface area contributed by atoms with Crippen molar-refractivity contribution in [2.24, 2.45) is 0 Å². The van der Waals surface area contributed by atoms with Crippen molar-refractivity contribution in [3.8, 4) is 0 Å². The molecule has 3 rings (SSSR count). The minimum atomic E-state index is -0.0548. The number of hydrogen-bond acceptors (Lipinski definition) is 3. The molecule has 0 unspecified atom stereocenters. The molecule has 0 atom stereocenters. The molecule has 0 aliphatic carbocycles. The van der Waals surface area contributed by atoms with Crippen molar-refractivity contribution in [1.29, 1.82) is 0 Å². The highest BCUT2D eigenvalue weighted by Gasteiger charge is 2.09. The summed E-state index contributed by atoms with van der Waals surface area (Å²) in [6.45, 7) is 4.71. The first-order valence-electron chi connectivity index (χ1n) is 8.11. The van der Waals surface area contributed by atoms with Crippen LogP contribution < -0.4 is 10.2 Å². The Bertz CT molecular complexity index is 923. The first kappa shape index (κ1) is 16.5. The number of benzene rings is 2. The van der Waals surface area contributed by atoms with E-state index in [-0.39, 0.29) is 10.8 Å². The predicted octanol–water partition coefficient (Wildman–Crippen LogP) is 3.83. The molecule has 1 N–H and O–H groups in total. The SMILES string of the molecule is CCc1ccc(CC(=O)Nc2ccc3c(c2)sc(=O)n3CC)cc1. The third-order valence-electron chi connectivity index (χ3n) is 4.06. The number of rotatable bonds is 5. The molecule has 1 amide bonds. The van der Waals surface area contributed by atoms with Crippen molar-refractivity contribution >= 4 is 33.1 Å². The average Bonchev–Trinajstić information content (AvgIpc) is 2.89. The maximum Gasteiger partial charge on any atom is 0.308 e. The second-order valence-corrected chi connectivity index (χ2v) is 6.68. The van der Waals surface area contributed by atoms with E-state index in [9.17, 15) is 9.59 Å². The molecule has 0 saturated heterocycles. The number of amides is 1. The van der Waals surface area contributed by atoms with Crippen LogP contribution in [0.25, 0.3) is 10.2 Å². The molecule has 0 aliphatic heterocycles. The number of carbonyl (C=O) groups excluding carboxylic acids is 1. The summed E-state index contributed by atoms with van der Waals surface area (Å²) in [6, 6.07) is 13.7. The number of nitrogens with zero attached hydrogens (tertiary/aromatic N) is 1. The quantitative estimate of drug-likeness (QED) is 0.767. The van der Waals surface area contributed by atoms with Gasteiger partial charge in [0.05, 0.1) is 16.6 Å². The van der Waals surface area contributed by atoms with E-state index >= 15 is 0 Å². The average molecular weight is 340 g/mol. The second-order valence-electron chi connectivity index (χ2n) is 5.69. The van der Waals surface area contributed by atoms with Gasteiger partial charge in [-0.1, -0.05) is 42.5 Å². The molecule has 0 bridgehead atoms. The molecule has 2 aromatic carbocycles. The standard InChI is InChI=1S/C19H20N2O2S/c1-3-13-5-7-14(8-6-13)11-18(22)20-15-9-10-16-17(12-15)24-19(23)21(16)4-2/h5-10,12H,3-4,11H2,1-2H3,(H,20,22). The van der Waals surface area contributed by atoms with Crippen LogP contribution in [0.1, 0.15) is 25.0 Å². The third kappa shape index (κ3) is 3.41. The van der Waals surface area contributed by atoms with Gasteiger partial charge in [0.2, 0.25) is 5.91 Å². The number of carbonyl (C=O) groups is 1. The number of nitrogens with one attached hydrogen (secondary N) is 1. The predicted molar refractivity (Wildman–Crippen MR) is 99.9 cm³/mol. The summed E-state index contributed by atoms with van der Waals surface area (Å²) in [5.74, 6) is -0.0548. The summed E-state index contributed by atoms with van der Waals surface area (Å²) in [4.78, 5) is 24.2. The molecule has 3 aromatic rings. The molecule has 0 radical (unpaired) electrons. The van der Waals surface area contributed by atoms with Gasteiger partial charge in [-0.05, 0) is 42.7 Å². The minimum Gasteiger partial charge on any atom is -0.326 e. The van der Waals surface area contributed by atoms with E-state index in [4.69, 9.17) is 0 Å². The summed E-state index contributed by atoms with van der Waals surface area (Å²) < 4.78 is 2.63. The normalized spacial score (nSPS) is 10.9. The minimum absolute atomic E-state index is 0.0343. The fraction of sp³-hybridized carbons (Fsp3) is 0.263. The summed E-state index contributed by atoms with van der Waals surface area (Å²) in [5, 5.41) is 2.91. The van der Waals surface area contributed by atoms with Crippen LogP contribution >= 0.6 is 11.3 Å². The smallest absolute Gasteiger partial charge is 0.308 e. The number of hydrogen-bond donors (Lipinski definition) is 1. The highest BCUT2D eigenvalue weighted by atomic mass is 32.1. The van der Waals surface area contributed by atoms with E-state index in [2.05, 4.69) is 24.4 Å². The van der Waals surface area contributed by atoms with Crippen LogP contribution in [-0.4, -0.2) is 10.5 Å². The topological polar surface area (TPSA) is 51.1 Å². The van der Waals surface area contributed by atoms with Gasteiger partial charge in [0, 0.05) is 12.2 Å². The first-order valence-corrected chi connectivity index (χ1v) is 8.93. The van der Waals surface area contributed by atoms with Crippen LogP contribution in [0.5, 0.6) is 0 Å². The molecule has 0 aliphatic rings. The van der Waals surface area contributed by atoms with Gasteiger partial charge < -0.3 is 5.32 Å². The Morgan fingerprint density at radius 1 is 1.08 bits per heavy atom.